The number of hydrogen-bond acceptors (Lipinski definition) is 2. The van der Waals surface area contributed by atoms with Gasteiger partial charge in [-0.25, -0.2) is 0 Å². The van der Waals surface area contributed by atoms with Gasteiger partial charge in [0, 0.05) is 0 Å². The van der Waals surface area contributed by atoms with Gasteiger partial charge in [-0.2, -0.15) is 0 Å². The van der Waals surface area contributed by atoms with Crippen molar-refractivity contribution in [1.29, 1.82) is 0 Å². The fourth-order valence-electron chi connectivity index (χ4n) is 1.89. The van der Waals surface area contributed by atoms with Gasteiger partial charge in [-0.15, -0.1) is 0 Å². The zero-order valence-corrected chi connectivity index (χ0v) is 11.6. The third kappa shape index (κ3) is 2.82. The Labute approximate surface area is 117 Å². The molecule has 18 heavy (non-hydrogen) atoms. The number of carbonyl (C=O) groups is 1. The van der Waals surface area contributed by atoms with E-state index in [9.17, 15) is 4.79 Å². The van der Waals surface area contributed by atoms with Gasteiger partial charge in [0.1, 0.15) is 0 Å². The summed E-state index contributed by atoms with van der Waals surface area (Å²) in [6.07, 6.45) is 2.12. The summed E-state index contributed by atoms with van der Waals surface area (Å²) in [5.74, 6) is 0.170. The van der Waals surface area contributed by atoms with Crippen molar-refractivity contribution in [2.24, 2.45) is 11.7 Å². The van der Waals surface area contributed by atoms with Crippen LogP contribution in [-0.4, -0.2) is 16.9 Å². The number of aryl methyl sites for hydroxylation is 1. The molecule has 1 aliphatic carbocycles. The van der Waals surface area contributed by atoms with Crippen LogP contribution in [0.5, 0.6) is 0 Å². The minimum Gasteiger partial charge on any atom is -0.392 e. The lowest BCUT2D eigenvalue weighted by molar-refractivity contribution is 0.0944. The Morgan fingerprint density at radius 2 is 2.22 bits per heavy atom. The lowest BCUT2D eigenvalue weighted by Crippen LogP contribution is -2.45. The second-order valence-corrected chi connectivity index (χ2v) is 5.48. The third-order valence-electron chi connectivity index (χ3n) is 3.12. The Hall–Kier alpha value is -1.13. The number of benzene rings is 1. The smallest absolute Gasteiger partial charge is 0.253 e. The predicted octanol–water partition coefficient (Wildman–Crippen LogP) is 2.44. The van der Waals surface area contributed by atoms with E-state index >= 15 is 0 Å². The molecule has 1 unspecified atom stereocenters. The molecule has 1 atom stereocenters. The first-order valence-corrected chi connectivity index (χ1v) is 6.64. The van der Waals surface area contributed by atoms with Crippen molar-refractivity contribution in [2.75, 3.05) is 0 Å². The summed E-state index contributed by atoms with van der Waals surface area (Å²) in [6.45, 7) is 1.87. The summed E-state index contributed by atoms with van der Waals surface area (Å²) >= 11 is 11.1. The standard InChI is InChI=1S/C13H15ClN2OS/c1-7-3-2-4-9(10(7)14)13(17)16-11(12(15)18)8-5-6-8/h2-4,8,11H,5-6H2,1H3,(H2,15,18)(H,16,17). The summed E-state index contributed by atoms with van der Waals surface area (Å²) < 4.78 is 0. The van der Waals surface area contributed by atoms with Crippen LogP contribution in [0.15, 0.2) is 18.2 Å². The number of amides is 1. The van der Waals surface area contributed by atoms with Crippen molar-refractivity contribution >= 4 is 34.7 Å². The summed E-state index contributed by atoms with van der Waals surface area (Å²) in [5.41, 5.74) is 7.00. The van der Waals surface area contributed by atoms with Gasteiger partial charge >= 0.3 is 0 Å². The quantitative estimate of drug-likeness (QED) is 0.834. The van der Waals surface area contributed by atoms with Crippen molar-refractivity contribution in [3.8, 4) is 0 Å². The molecule has 0 saturated heterocycles. The zero-order chi connectivity index (χ0) is 13.3. The van der Waals surface area contributed by atoms with Crippen LogP contribution in [0.25, 0.3) is 0 Å². The van der Waals surface area contributed by atoms with Crippen molar-refractivity contribution in [1.82, 2.24) is 5.32 Å². The molecular formula is C13H15ClN2OS. The highest BCUT2D eigenvalue weighted by atomic mass is 35.5. The van der Waals surface area contributed by atoms with Gasteiger partial charge in [-0.1, -0.05) is 36.0 Å². The second kappa shape index (κ2) is 5.24. The lowest BCUT2D eigenvalue weighted by atomic mass is 10.1. The Bertz CT molecular complexity index is 500. The maximum Gasteiger partial charge on any atom is 0.253 e. The molecule has 1 fully saturated rings. The highest BCUT2D eigenvalue weighted by molar-refractivity contribution is 7.80. The SMILES string of the molecule is Cc1cccc(C(=O)NC(C(N)=S)C2CC2)c1Cl. The van der Waals surface area contributed by atoms with E-state index in [0.717, 1.165) is 18.4 Å². The molecular weight excluding hydrogens is 268 g/mol. The van der Waals surface area contributed by atoms with Crippen molar-refractivity contribution in [3.63, 3.8) is 0 Å². The molecule has 1 aromatic rings. The molecule has 0 bridgehead atoms. The maximum absolute atomic E-state index is 12.2. The van der Waals surface area contributed by atoms with Gasteiger partial charge in [0.05, 0.1) is 21.6 Å². The fourth-order valence-corrected chi connectivity index (χ4v) is 2.36. The van der Waals surface area contributed by atoms with Crippen LogP contribution in [0, 0.1) is 12.8 Å². The van der Waals surface area contributed by atoms with E-state index in [1.165, 1.54) is 0 Å². The molecule has 1 amide bonds. The summed E-state index contributed by atoms with van der Waals surface area (Å²) in [6, 6.07) is 5.16. The second-order valence-electron chi connectivity index (χ2n) is 4.63. The van der Waals surface area contributed by atoms with Gasteiger partial charge in [0.25, 0.3) is 5.91 Å². The van der Waals surface area contributed by atoms with Gasteiger partial charge < -0.3 is 11.1 Å². The van der Waals surface area contributed by atoms with E-state index in [0.29, 0.717) is 21.5 Å². The zero-order valence-electron chi connectivity index (χ0n) is 10.1. The normalized spacial score (nSPS) is 16.1. The maximum atomic E-state index is 12.2. The first-order valence-electron chi connectivity index (χ1n) is 5.86. The highest BCUT2D eigenvalue weighted by Gasteiger charge is 2.34. The summed E-state index contributed by atoms with van der Waals surface area (Å²) in [5, 5.41) is 3.35. The van der Waals surface area contributed by atoms with Crippen LogP contribution < -0.4 is 11.1 Å². The van der Waals surface area contributed by atoms with Crippen LogP contribution >= 0.6 is 23.8 Å². The topological polar surface area (TPSA) is 55.1 Å². The number of carbonyl (C=O) groups excluding carboxylic acids is 1. The molecule has 5 heteroatoms. The molecule has 0 heterocycles. The molecule has 0 radical (unpaired) electrons. The third-order valence-corrected chi connectivity index (χ3v) is 3.88. The Balaban J connectivity index is 2.16. The van der Waals surface area contributed by atoms with Crippen LogP contribution in [0.1, 0.15) is 28.8 Å². The predicted molar refractivity (Wildman–Crippen MR) is 77.0 cm³/mol. The average Bonchev–Trinajstić information content (AvgIpc) is 3.13. The van der Waals surface area contributed by atoms with E-state index in [-0.39, 0.29) is 11.9 Å². The molecule has 2 rings (SSSR count). The van der Waals surface area contributed by atoms with Gasteiger partial charge in [-0.3, -0.25) is 4.79 Å². The minimum atomic E-state index is -0.218. The van der Waals surface area contributed by atoms with E-state index in [4.69, 9.17) is 29.6 Å². The van der Waals surface area contributed by atoms with Gasteiger partial charge in [0.15, 0.2) is 0 Å². The number of nitrogens with two attached hydrogens (primary N) is 1. The highest BCUT2D eigenvalue weighted by Crippen LogP contribution is 2.33. The molecule has 1 aromatic carbocycles. The number of hydrogen-bond donors (Lipinski definition) is 2. The van der Waals surface area contributed by atoms with Gasteiger partial charge in [0.2, 0.25) is 0 Å². The fraction of sp³-hybridized carbons (Fsp3) is 0.385. The Morgan fingerprint density at radius 3 is 2.78 bits per heavy atom. The molecule has 0 aliphatic heterocycles. The van der Waals surface area contributed by atoms with Crippen LogP contribution in [0.3, 0.4) is 0 Å². The monoisotopic (exact) mass is 282 g/mol. The molecule has 1 saturated carbocycles. The van der Waals surface area contributed by atoms with Crippen molar-refractivity contribution < 1.29 is 4.79 Å². The average molecular weight is 283 g/mol. The lowest BCUT2D eigenvalue weighted by Gasteiger charge is -2.17. The Kier molecular flexibility index (Phi) is 3.88. The molecule has 0 aromatic heterocycles. The van der Waals surface area contributed by atoms with Crippen LogP contribution in [0.4, 0.5) is 0 Å². The molecule has 1 aliphatic rings. The van der Waals surface area contributed by atoms with E-state index in [1.54, 1.807) is 6.07 Å². The number of rotatable bonds is 4. The minimum absolute atomic E-state index is 0.214. The summed E-state index contributed by atoms with van der Waals surface area (Å²) in [7, 11) is 0. The van der Waals surface area contributed by atoms with Gasteiger partial charge in [-0.05, 0) is 37.3 Å². The molecule has 96 valence electrons. The Morgan fingerprint density at radius 1 is 1.56 bits per heavy atom. The van der Waals surface area contributed by atoms with Crippen LogP contribution in [0.2, 0.25) is 5.02 Å². The molecule has 3 nitrogen and oxygen atoms in total. The van der Waals surface area contributed by atoms with E-state index in [1.807, 2.05) is 19.1 Å². The first kappa shape index (κ1) is 13.3. The summed E-state index contributed by atoms with van der Waals surface area (Å²) in [4.78, 5) is 12.5. The van der Waals surface area contributed by atoms with Crippen LogP contribution in [-0.2, 0) is 0 Å². The van der Waals surface area contributed by atoms with E-state index in [2.05, 4.69) is 5.32 Å². The van der Waals surface area contributed by atoms with Crippen molar-refractivity contribution in [3.05, 3.63) is 34.3 Å². The molecule has 3 N–H and O–H groups in total. The number of nitrogens with one attached hydrogen (secondary N) is 1. The largest absolute Gasteiger partial charge is 0.392 e. The van der Waals surface area contributed by atoms with Crippen molar-refractivity contribution in [2.45, 2.75) is 25.8 Å². The first-order chi connectivity index (χ1) is 8.50. The number of thiocarbonyl (C=S) groups is 1. The molecule has 0 spiro atoms. The van der Waals surface area contributed by atoms with E-state index < -0.39 is 0 Å². The number of halogens is 1.